The molecule has 0 saturated heterocycles. The monoisotopic (exact) mass is 245 g/mol. The number of hydrogen-bond donors (Lipinski definition) is 3. The van der Waals surface area contributed by atoms with Crippen LogP contribution in [0.15, 0.2) is 42.6 Å². The molecule has 0 aliphatic rings. The highest BCUT2D eigenvalue weighted by Gasteiger charge is 1.99. The molecule has 0 amide bonds. The van der Waals surface area contributed by atoms with Crippen LogP contribution in [0.25, 0.3) is 0 Å². The molecule has 0 unspecified atom stereocenters. The molecule has 0 spiro atoms. The van der Waals surface area contributed by atoms with Crippen molar-refractivity contribution in [3.8, 4) is 5.75 Å². The number of benzene rings is 1. The van der Waals surface area contributed by atoms with E-state index in [4.69, 9.17) is 15.7 Å². The fourth-order valence-electron chi connectivity index (χ4n) is 1.54. The molecule has 4 N–H and O–H groups in total. The predicted molar refractivity (Wildman–Crippen MR) is 68.7 cm³/mol. The molecule has 2 aromatic rings. The first-order valence-corrected chi connectivity index (χ1v) is 5.56. The number of aromatic nitrogens is 1. The summed E-state index contributed by atoms with van der Waals surface area (Å²) in [4.78, 5) is 4.02. The zero-order chi connectivity index (χ0) is 12.8. The number of nitrogens with two attached hydrogens (primary N) is 1. The first-order chi connectivity index (χ1) is 8.81. The highest BCUT2D eigenvalue weighted by molar-refractivity contribution is 5.36. The van der Waals surface area contributed by atoms with Crippen molar-refractivity contribution >= 4 is 5.82 Å². The summed E-state index contributed by atoms with van der Waals surface area (Å²) in [6.07, 6.45) is 1.66. The normalized spacial score (nSPS) is 10.1. The van der Waals surface area contributed by atoms with Gasteiger partial charge in [-0.15, -0.1) is 0 Å². The number of pyridine rings is 1. The van der Waals surface area contributed by atoms with Gasteiger partial charge in [-0.2, -0.15) is 0 Å². The van der Waals surface area contributed by atoms with Gasteiger partial charge in [-0.25, -0.2) is 10.8 Å². The van der Waals surface area contributed by atoms with Gasteiger partial charge in [0.15, 0.2) is 0 Å². The number of nitrogen functional groups attached to an aromatic ring is 1. The molecule has 0 atom stereocenters. The van der Waals surface area contributed by atoms with Crippen LogP contribution in [0.4, 0.5) is 5.82 Å². The zero-order valence-corrected chi connectivity index (χ0v) is 9.84. The topological polar surface area (TPSA) is 80.4 Å². The summed E-state index contributed by atoms with van der Waals surface area (Å²) in [7, 11) is 0. The Kier molecular flexibility index (Phi) is 4.11. The molecule has 1 heterocycles. The quantitative estimate of drug-likeness (QED) is 0.548. The van der Waals surface area contributed by atoms with E-state index in [-0.39, 0.29) is 6.61 Å². The lowest BCUT2D eigenvalue weighted by Gasteiger charge is -2.08. The lowest BCUT2D eigenvalue weighted by atomic mass is 10.2. The second-order valence-electron chi connectivity index (χ2n) is 3.79. The number of nitrogens with zero attached hydrogens (tertiary/aromatic N) is 1. The van der Waals surface area contributed by atoms with Gasteiger partial charge in [-0.1, -0.05) is 12.1 Å². The Bertz CT molecular complexity index is 470. The predicted octanol–water partition coefficient (Wildman–Crippen LogP) is 1.44. The van der Waals surface area contributed by atoms with E-state index < -0.39 is 0 Å². The van der Waals surface area contributed by atoms with E-state index in [0.717, 1.165) is 16.9 Å². The Morgan fingerprint density at radius 3 is 2.89 bits per heavy atom. The van der Waals surface area contributed by atoms with Crippen LogP contribution >= 0.6 is 0 Å². The van der Waals surface area contributed by atoms with E-state index in [1.165, 1.54) is 0 Å². The maximum atomic E-state index is 9.03. The number of ether oxygens (including phenoxy) is 1. The van der Waals surface area contributed by atoms with E-state index in [9.17, 15) is 0 Å². The van der Waals surface area contributed by atoms with Crippen LogP contribution in [0.3, 0.4) is 0 Å². The summed E-state index contributed by atoms with van der Waals surface area (Å²) in [6, 6.07) is 11.0. The van der Waals surface area contributed by atoms with Crippen LogP contribution in [-0.4, -0.2) is 10.1 Å². The van der Waals surface area contributed by atoms with Crippen molar-refractivity contribution in [1.29, 1.82) is 0 Å². The lowest BCUT2D eigenvalue weighted by molar-refractivity contribution is 0.278. The molecular formula is C13H15N3O2. The average Bonchev–Trinajstić information content (AvgIpc) is 2.45. The summed E-state index contributed by atoms with van der Waals surface area (Å²) in [5.74, 6) is 6.60. The van der Waals surface area contributed by atoms with Gasteiger partial charge in [-0.05, 0) is 35.4 Å². The molecule has 1 aromatic heterocycles. The minimum absolute atomic E-state index is 0.00764. The molecule has 0 bridgehead atoms. The van der Waals surface area contributed by atoms with Gasteiger partial charge >= 0.3 is 0 Å². The van der Waals surface area contributed by atoms with Crippen molar-refractivity contribution in [2.24, 2.45) is 5.84 Å². The van der Waals surface area contributed by atoms with E-state index in [2.05, 4.69) is 10.4 Å². The van der Waals surface area contributed by atoms with E-state index in [1.54, 1.807) is 6.20 Å². The van der Waals surface area contributed by atoms with Crippen LogP contribution in [0, 0.1) is 0 Å². The van der Waals surface area contributed by atoms with Gasteiger partial charge in [0.2, 0.25) is 0 Å². The van der Waals surface area contributed by atoms with Crippen LogP contribution in [0.2, 0.25) is 0 Å². The van der Waals surface area contributed by atoms with Crippen molar-refractivity contribution in [3.05, 3.63) is 53.7 Å². The summed E-state index contributed by atoms with van der Waals surface area (Å²) < 4.78 is 5.63. The van der Waals surface area contributed by atoms with Crippen molar-refractivity contribution in [1.82, 2.24) is 4.98 Å². The van der Waals surface area contributed by atoms with Gasteiger partial charge in [0.25, 0.3) is 0 Å². The van der Waals surface area contributed by atoms with Crippen molar-refractivity contribution < 1.29 is 9.84 Å². The Hall–Kier alpha value is -2.11. The highest BCUT2D eigenvalue weighted by atomic mass is 16.5. The summed E-state index contributed by atoms with van der Waals surface area (Å²) in [5.41, 5.74) is 4.27. The molecule has 0 aliphatic heterocycles. The fourth-order valence-corrected chi connectivity index (χ4v) is 1.54. The second kappa shape index (κ2) is 6.00. The smallest absolute Gasteiger partial charge is 0.140 e. The number of aliphatic hydroxyl groups excluding tert-OH is 1. The summed E-state index contributed by atoms with van der Waals surface area (Å²) in [5, 5.41) is 9.03. The third-order valence-electron chi connectivity index (χ3n) is 2.46. The number of aliphatic hydroxyl groups is 1. The molecule has 0 radical (unpaired) electrons. The van der Waals surface area contributed by atoms with Crippen molar-refractivity contribution in [3.63, 3.8) is 0 Å². The summed E-state index contributed by atoms with van der Waals surface area (Å²) >= 11 is 0. The molecule has 5 heteroatoms. The van der Waals surface area contributed by atoms with Gasteiger partial charge in [-0.3, -0.25) is 0 Å². The molecule has 0 aliphatic carbocycles. The average molecular weight is 245 g/mol. The Balaban J connectivity index is 2.01. The Morgan fingerprint density at radius 1 is 1.22 bits per heavy atom. The Labute approximate surface area is 105 Å². The van der Waals surface area contributed by atoms with Crippen molar-refractivity contribution in [2.45, 2.75) is 13.2 Å². The number of hydrazine groups is 1. The Morgan fingerprint density at radius 2 is 2.11 bits per heavy atom. The summed E-state index contributed by atoms with van der Waals surface area (Å²) in [6.45, 7) is 0.430. The third-order valence-corrected chi connectivity index (χ3v) is 2.46. The first kappa shape index (κ1) is 12.3. The number of nitrogens with one attached hydrogen (secondary N) is 1. The third kappa shape index (κ3) is 3.19. The standard InChI is InChI=1S/C13H15N3O2/c14-16-13-7-11(4-5-15-13)9-18-12-3-1-2-10(6-12)8-17/h1-7,17H,8-9,14H2,(H,15,16). The van der Waals surface area contributed by atoms with Crippen LogP contribution in [0.5, 0.6) is 5.75 Å². The van der Waals surface area contributed by atoms with Crippen molar-refractivity contribution in [2.75, 3.05) is 5.43 Å². The first-order valence-electron chi connectivity index (χ1n) is 5.56. The molecule has 0 fully saturated rings. The van der Waals surface area contributed by atoms with E-state index in [0.29, 0.717) is 12.4 Å². The van der Waals surface area contributed by atoms with Crippen LogP contribution < -0.4 is 16.0 Å². The van der Waals surface area contributed by atoms with Crippen LogP contribution in [0.1, 0.15) is 11.1 Å². The minimum atomic E-state index is 0.00764. The largest absolute Gasteiger partial charge is 0.489 e. The molecule has 2 rings (SSSR count). The number of hydrogen-bond acceptors (Lipinski definition) is 5. The van der Waals surface area contributed by atoms with Gasteiger partial charge in [0.1, 0.15) is 18.2 Å². The number of anilines is 1. The van der Waals surface area contributed by atoms with Gasteiger partial charge in [0.05, 0.1) is 6.61 Å². The molecular weight excluding hydrogens is 230 g/mol. The van der Waals surface area contributed by atoms with Crippen LogP contribution in [-0.2, 0) is 13.2 Å². The zero-order valence-electron chi connectivity index (χ0n) is 9.84. The van der Waals surface area contributed by atoms with Gasteiger partial charge < -0.3 is 15.3 Å². The molecule has 94 valence electrons. The van der Waals surface area contributed by atoms with Gasteiger partial charge in [0, 0.05) is 6.20 Å². The molecule has 1 aromatic carbocycles. The molecule has 18 heavy (non-hydrogen) atoms. The van der Waals surface area contributed by atoms with E-state index in [1.807, 2.05) is 36.4 Å². The molecule has 5 nitrogen and oxygen atoms in total. The lowest BCUT2D eigenvalue weighted by Crippen LogP contribution is -2.09. The highest BCUT2D eigenvalue weighted by Crippen LogP contribution is 2.15. The maximum absolute atomic E-state index is 9.03. The number of rotatable bonds is 5. The fraction of sp³-hybridized carbons (Fsp3) is 0.154. The van der Waals surface area contributed by atoms with E-state index >= 15 is 0 Å². The second-order valence-corrected chi connectivity index (χ2v) is 3.79. The minimum Gasteiger partial charge on any atom is -0.489 e. The maximum Gasteiger partial charge on any atom is 0.140 e. The molecule has 0 saturated carbocycles. The SMILES string of the molecule is NNc1cc(COc2cccc(CO)c2)ccn1.